The number of nitrogens with one attached hydrogen (secondary N) is 1. The Morgan fingerprint density at radius 3 is 2.23 bits per heavy atom. The first-order valence-corrected chi connectivity index (χ1v) is 11.2. The van der Waals surface area contributed by atoms with E-state index in [9.17, 15) is 13.2 Å². The summed E-state index contributed by atoms with van der Waals surface area (Å²) in [4.78, 5) is 16.7. The van der Waals surface area contributed by atoms with Gasteiger partial charge in [-0.05, 0) is 48.9 Å². The van der Waals surface area contributed by atoms with E-state index in [0.29, 0.717) is 18.7 Å². The molecule has 8 nitrogen and oxygen atoms in total. The van der Waals surface area contributed by atoms with Crippen molar-refractivity contribution in [3.8, 4) is 5.69 Å². The van der Waals surface area contributed by atoms with Crippen LogP contribution in [-0.4, -0.2) is 46.5 Å². The highest BCUT2D eigenvalue weighted by atomic mass is 32.2. The summed E-state index contributed by atoms with van der Waals surface area (Å²) >= 11 is 0. The van der Waals surface area contributed by atoms with Crippen LogP contribution in [0.5, 0.6) is 0 Å². The number of rotatable bonds is 8. The van der Waals surface area contributed by atoms with E-state index in [1.165, 1.54) is 10.6 Å². The second-order valence-corrected chi connectivity index (χ2v) is 8.68. The zero-order chi connectivity index (χ0) is 21.7. The molecule has 0 aliphatic carbocycles. The van der Waals surface area contributed by atoms with E-state index >= 15 is 0 Å². The molecule has 0 spiro atoms. The average molecular weight is 428 g/mol. The summed E-state index contributed by atoms with van der Waals surface area (Å²) < 4.78 is 28.2. The highest BCUT2D eigenvalue weighted by Gasteiger charge is 2.21. The van der Waals surface area contributed by atoms with Gasteiger partial charge in [-0.1, -0.05) is 26.0 Å². The smallest absolute Gasteiger partial charge is 0.251 e. The molecule has 1 atom stereocenters. The van der Waals surface area contributed by atoms with Gasteiger partial charge in [0.05, 0.1) is 16.6 Å². The van der Waals surface area contributed by atoms with Crippen LogP contribution >= 0.6 is 0 Å². The van der Waals surface area contributed by atoms with Crippen LogP contribution < -0.4 is 5.32 Å². The molecule has 158 valence electrons. The predicted octanol–water partition coefficient (Wildman–Crippen LogP) is 2.79. The van der Waals surface area contributed by atoms with Crippen LogP contribution in [0.4, 0.5) is 0 Å². The van der Waals surface area contributed by atoms with Gasteiger partial charge in [0.25, 0.3) is 5.91 Å². The van der Waals surface area contributed by atoms with Crippen LogP contribution in [0.3, 0.4) is 0 Å². The number of hydrogen-bond acceptors (Lipinski definition) is 5. The van der Waals surface area contributed by atoms with Crippen LogP contribution in [-0.2, 0) is 10.0 Å². The summed E-state index contributed by atoms with van der Waals surface area (Å²) in [5.41, 5.74) is 2.15. The lowest BCUT2D eigenvalue weighted by molar-refractivity contribution is 0.0940. The lowest BCUT2D eigenvalue weighted by Crippen LogP contribution is -2.30. The van der Waals surface area contributed by atoms with Gasteiger partial charge in [0.15, 0.2) is 0 Å². The maximum Gasteiger partial charge on any atom is 0.251 e. The molecule has 0 aliphatic heterocycles. The van der Waals surface area contributed by atoms with Crippen molar-refractivity contribution in [1.29, 1.82) is 0 Å². The van der Waals surface area contributed by atoms with E-state index in [2.05, 4.69) is 15.4 Å². The Balaban J connectivity index is 1.68. The molecular weight excluding hydrogens is 402 g/mol. The van der Waals surface area contributed by atoms with Gasteiger partial charge in [0, 0.05) is 18.7 Å². The second kappa shape index (κ2) is 9.19. The summed E-state index contributed by atoms with van der Waals surface area (Å²) in [7, 11) is -3.50. The van der Waals surface area contributed by atoms with E-state index in [-0.39, 0.29) is 16.8 Å². The number of hydrogen-bond donors (Lipinski definition) is 1. The summed E-state index contributed by atoms with van der Waals surface area (Å²) in [6, 6.07) is 13.4. The number of benzene rings is 2. The van der Waals surface area contributed by atoms with Gasteiger partial charge in [-0.25, -0.2) is 18.1 Å². The molecular formula is C21H25N5O3S. The molecule has 0 saturated heterocycles. The average Bonchev–Trinajstić information content (AvgIpc) is 3.29. The summed E-state index contributed by atoms with van der Waals surface area (Å²) in [5.74, 6) is -0.215. The van der Waals surface area contributed by atoms with E-state index in [0.717, 1.165) is 11.3 Å². The van der Waals surface area contributed by atoms with Gasteiger partial charge in [-0.2, -0.15) is 9.40 Å². The molecule has 9 heteroatoms. The topological polar surface area (TPSA) is 97.2 Å². The molecule has 30 heavy (non-hydrogen) atoms. The quantitative estimate of drug-likeness (QED) is 0.596. The fourth-order valence-corrected chi connectivity index (χ4v) is 4.57. The van der Waals surface area contributed by atoms with Crippen molar-refractivity contribution in [3.63, 3.8) is 0 Å². The molecule has 0 saturated carbocycles. The van der Waals surface area contributed by atoms with E-state index in [4.69, 9.17) is 0 Å². The maximum absolute atomic E-state index is 12.6. The van der Waals surface area contributed by atoms with Gasteiger partial charge in [-0.3, -0.25) is 4.79 Å². The summed E-state index contributed by atoms with van der Waals surface area (Å²) in [6.45, 7) is 6.32. The van der Waals surface area contributed by atoms with E-state index in [1.54, 1.807) is 59.5 Å². The molecule has 2 aromatic carbocycles. The fourth-order valence-electron chi connectivity index (χ4n) is 3.11. The number of aromatic nitrogens is 3. The van der Waals surface area contributed by atoms with Crippen molar-refractivity contribution >= 4 is 15.9 Å². The molecule has 0 bridgehead atoms. The lowest BCUT2D eigenvalue weighted by Gasteiger charge is -2.19. The Morgan fingerprint density at radius 1 is 1.07 bits per heavy atom. The number of amides is 1. The molecule has 3 aromatic rings. The van der Waals surface area contributed by atoms with Crippen molar-refractivity contribution in [1.82, 2.24) is 24.4 Å². The van der Waals surface area contributed by atoms with Crippen molar-refractivity contribution in [2.75, 3.05) is 13.1 Å². The molecule has 3 rings (SSSR count). The van der Waals surface area contributed by atoms with Gasteiger partial charge < -0.3 is 5.32 Å². The lowest BCUT2D eigenvalue weighted by atomic mass is 10.1. The molecule has 1 amide bonds. The molecule has 0 fully saturated rings. The Kier molecular flexibility index (Phi) is 6.63. The third-order valence-corrected chi connectivity index (χ3v) is 6.95. The Hall–Kier alpha value is -3.04. The second-order valence-electron chi connectivity index (χ2n) is 6.74. The number of carbonyl (C=O) groups excluding carboxylic acids is 1. The molecule has 0 radical (unpaired) electrons. The summed E-state index contributed by atoms with van der Waals surface area (Å²) in [6.07, 6.45) is 3.03. The molecule has 0 unspecified atom stereocenters. The van der Waals surface area contributed by atoms with Gasteiger partial charge >= 0.3 is 0 Å². The molecule has 0 aliphatic rings. The van der Waals surface area contributed by atoms with Crippen LogP contribution in [0.2, 0.25) is 0 Å². The van der Waals surface area contributed by atoms with Gasteiger partial charge in [0.1, 0.15) is 12.7 Å². The molecule has 1 N–H and O–H groups in total. The Labute approximate surface area is 176 Å². The maximum atomic E-state index is 12.6. The Morgan fingerprint density at radius 2 is 1.70 bits per heavy atom. The van der Waals surface area contributed by atoms with E-state index < -0.39 is 10.0 Å². The SMILES string of the molecule is CCN(CC)S(=O)(=O)c1ccc([C@@H](C)NC(=O)c2ccc(-n3cncn3)cc2)cc1. The monoisotopic (exact) mass is 427 g/mol. The number of carbonyl (C=O) groups is 1. The van der Waals surface area contributed by atoms with Gasteiger partial charge in [-0.15, -0.1) is 0 Å². The number of sulfonamides is 1. The highest BCUT2D eigenvalue weighted by molar-refractivity contribution is 7.89. The predicted molar refractivity (Wildman–Crippen MR) is 114 cm³/mol. The zero-order valence-corrected chi connectivity index (χ0v) is 18.0. The van der Waals surface area contributed by atoms with E-state index in [1.807, 2.05) is 20.8 Å². The van der Waals surface area contributed by atoms with Crippen molar-refractivity contribution in [3.05, 3.63) is 72.3 Å². The first-order chi connectivity index (χ1) is 14.4. The van der Waals surface area contributed by atoms with Gasteiger partial charge in [0.2, 0.25) is 10.0 Å². The van der Waals surface area contributed by atoms with Crippen molar-refractivity contribution < 1.29 is 13.2 Å². The zero-order valence-electron chi connectivity index (χ0n) is 17.2. The minimum Gasteiger partial charge on any atom is -0.346 e. The summed E-state index contributed by atoms with van der Waals surface area (Å²) in [5, 5.41) is 6.99. The third-order valence-electron chi connectivity index (χ3n) is 4.88. The van der Waals surface area contributed by atoms with Crippen LogP contribution in [0.15, 0.2) is 66.1 Å². The molecule has 1 aromatic heterocycles. The largest absolute Gasteiger partial charge is 0.346 e. The minimum atomic E-state index is -3.50. The fraction of sp³-hybridized carbons (Fsp3) is 0.286. The standard InChI is InChI=1S/C21H25N5O3S/c1-4-25(5-2)30(28,29)20-12-8-17(9-13-20)16(3)24-21(27)18-6-10-19(11-7-18)26-15-22-14-23-26/h6-16H,4-5H2,1-3H3,(H,24,27)/t16-/m1/s1. The first kappa shape index (κ1) is 21.7. The molecule has 1 heterocycles. The highest BCUT2D eigenvalue weighted by Crippen LogP contribution is 2.20. The van der Waals surface area contributed by atoms with Crippen molar-refractivity contribution in [2.45, 2.75) is 31.7 Å². The van der Waals surface area contributed by atoms with Crippen LogP contribution in [0.25, 0.3) is 5.69 Å². The van der Waals surface area contributed by atoms with Crippen LogP contribution in [0.1, 0.15) is 42.7 Å². The third kappa shape index (κ3) is 4.58. The normalized spacial score (nSPS) is 12.7. The minimum absolute atomic E-state index is 0.215. The number of nitrogens with zero attached hydrogens (tertiary/aromatic N) is 4. The van der Waals surface area contributed by atoms with Crippen molar-refractivity contribution in [2.24, 2.45) is 0 Å². The first-order valence-electron chi connectivity index (χ1n) is 9.72. The van der Waals surface area contributed by atoms with Crippen LogP contribution in [0, 0.1) is 0 Å². The Bertz CT molecular complexity index is 1070.